The van der Waals surface area contributed by atoms with Crippen LogP contribution in [0.5, 0.6) is 0 Å². The minimum Gasteiger partial charge on any atom is -0.368 e. The third kappa shape index (κ3) is 3.34. The summed E-state index contributed by atoms with van der Waals surface area (Å²) in [7, 11) is 0. The van der Waals surface area contributed by atoms with Gasteiger partial charge in [-0.2, -0.15) is 0 Å². The van der Waals surface area contributed by atoms with Gasteiger partial charge in [-0.05, 0) is 19.1 Å². The highest BCUT2D eigenvalue weighted by molar-refractivity contribution is 6.43. The van der Waals surface area contributed by atoms with E-state index < -0.39 is 0 Å². The number of piperazine rings is 1. The minimum absolute atomic E-state index is 0.606. The second kappa shape index (κ2) is 6.26. The van der Waals surface area contributed by atoms with E-state index in [2.05, 4.69) is 15.0 Å². The molecule has 1 fully saturated rings. The Morgan fingerprint density at radius 1 is 1.19 bits per heavy atom. The van der Waals surface area contributed by atoms with Gasteiger partial charge in [0.1, 0.15) is 5.76 Å². The van der Waals surface area contributed by atoms with Crippen molar-refractivity contribution in [3.63, 3.8) is 0 Å². The lowest BCUT2D eigenvalue weighted by atomic mass is 10.2. The molecule has 0 atom stereocenters. The van der Waals surface area contributed by atoms with E-state index >= 15 is 0 Å². The number of halogens is 2. The summed E-state index contributed by atoms with van der Waals surface area (Å²) in [5, 5.41) is 5.29. The number of aryl methyl sites for hydroxylation is 1. The maximum atomic E-state index is 6.29. The molecule has 1 aliphatic rings. The van der Waals surface area contributed by atoms with Gasteiger partial charge in [0.05, 0.1) is 21.4 Å². The zero-order valence-corrected chi connectivity index (χ0v) is 13.4. The molecule has 1 aliphatic heterocycles. The van der Waals surface area contributed by atoms with E-state index in [1.807, 2.05) is 31.2 Å². The largest absolute Gasteiger partial charge is 0.368 e. The number of hydrogen-bond acceptors (Lipinski definition) is 4. The molecule has 0 N–H and O–H groups in total. The van der Waals surface area contributed by atoms with Gasteiger partial charge in [0.15, 0.2) is 0 Å². The quantitative estimate of drug-likeness (QED) is 0.862. The van der Waals surface area contributed by atoms with Crippen LogP contribution in [-0.4, -0.2) is 36.2 Å². The Hall–Kier alpha value is -1.23. The van der Waals surface area contributed by atoms with Crippen molar-refractivity contribution in [1.29, 1.82) is 0 Å². The van der Waals surface area contributed by atoms with Crippen molar-refractivity contribution in [2.45, 2.75) is 13.5 Å². The Morgan fingerprint density at radius 2 is 1.95 bits per heavy atom. The average Bonchev–Trinajstić information content (AvgIpc) is 2.88. The van der Waals surface area contributed by atoms with Gasteiger partial charge in [0.25, 0.3) is 0 Å². The van der Waals surface area contributed by atoms with E-state index in [-0.39, 0.29) is 0 Å². The fourth-order valence-corrected chi connectivity index (χ4v) is 3.02. The van der Waals surface area contributed by atoms with Gasteiger partial charge in [-0.25, -0.2) is 0 Å². The van der Waals surface area contributed by atoms with E-state index in [1.54, 1.807) is 0 Å². The van der Waals surface area contributed by atoms with Crippen molar-refractivity contribution in [3.8, 4) is 0 Å². The molecular weight excluding hydrogens is 309 g/mol. The molecule has 0 unspecified atom stereocenters. The van der Waals surface area contributed by atoms with Gasteiger partial charge in [-0.1, -0.05) is 34.4 Å². The molecule has 2 heterocycles. The summed E-state index contributed by atoms with van der Waals surface area (Å²) in [6.45, 7) is 6.53. The fourth-order valence-electron chi connectivity index (χ4n) is 2.61. The first kappa shape index (κ1) is 14.7. The SMILES string of the molecule is Cc1cc(CN2CCN(c3cccc(Cl)c3Cl)CC2)no1. The first-order valence-electron chi connectivity index (χ1n) is 6.97. The Kier molecular flexibility index (Phi) is 4.38. The van der Waals surface area contributed by atoms with Crippen LogP contribution < -0.4 is 4.90 Å². The minimum atomic E-state index is 0.606. The van der Waals surface area contributed by atoms with Crippen LogP contribution in [0.25, 0.3) is 0 Å². The Bertz CT molecular complexity index is 621. The van der Waals surface area contributed by atoms with Crippen molar-refractivity contribution in [2.24, 2.45) is 0 Å². The summed E-state index contributed by atoms with van der Waals surface area (Å²) in [4.78, 5) is 4.64. The second-order valence-electron chi connectivity index (χ2n) is 5.27. The first-order valence-corrected chi connectivity index (χ1v) is 7.72. The molecule has 1 aromatic carbocycles. The van der Waals surface area contributed by atoms with E-state index in [4.69, 9.17) is 27.7 Å². The van der Waals surface area contributed by atoms with Crippen molar-refractivity contribution >= 4 is 28.9 Å². The molecule has 0 saturated carbocycles. The number of anilines is 1. The number of rotatable bonds is 3. The Balaban J connectivity index is 1.61. The summed E-state index contributed by atoms with van der Waals surface area (Å²) in [6, 6.07) is 7.76. The molecule has 0 radical (unpaired) electrons. The Morgan fingerprint density at radius 3 is 2.62 bits per heavy atom. The predicted octanol–water partition coefficient (Wildman–Crippen LogP) is 3.61. The summed E-state index contributed by atoms with van der Waals surface area (Å²) in [6.07, 6.45) is 0. The van der Waals surface area contributed by atoms with Crippen LogP contribution in [0.15, 0.2) is 28.8 Å². The van der Waals surface area contributed by atoms with Gasteiger partial charge in [-0.15, -0.1) is 0 Å². The summed E-state index contributed by atoms with van der Waals surface area (Å²) in [5.41, 5.74) is 2.00. The molecule has 0 spiro atoms. The van der Waals surface area contributed by atoms with Crippen molar-refractivity contribution in [1.82, 2.24) is 10.1 Å². The molecule has 3 rings (SSSR count). The van der Waals surface area contributed by atoms with E-state index in [0.717, 1.165) is 49.9 Å². The second-order valence-corrected chi connectivity index (χ2v) is 6.05. The van der Waals surface area contributed by atoms with Crippen molar-refractivity contribution < 1.29 is 4.52 Å². The number of benzene rings is 1. The maximum Gasteiger partial charge on any atom is 0.133 e. The number of aromatic nitrogens is 1. The zero-order valence-electron chi connectivity index (χ0n) is 11.9. The highest BCUT2D eigenvalue weighted by Gasteiger charge is 2.20. The standard InChI is InChI=1S/C15H17Cl2N3O/c1-11-9-12(18-21-11)10-19-5-7-20(8-6-19)14-4-2-3-13(16)15(14)17/h2-4,9H,5-8,10H2,1H3. The third-order valence-electron chi connectivity index (χ3n) is 3.71. The van der Waals surface area contributed by atoms with Crippen molar-refractivity contribution in [2.75, 3.05) is 31.1 Å². The van der Waals surface area contributed by atoms with Crippen LogP contribution in [0.3, 0.4) is 0 Å². The van der Waals surface area contributed by atoms with E-state index in [9.17, 15) is 0 Å². The van der Waals surface area contributed by atoms with Crippen LogP contribution in [0, 0.1) is 6.92 Å². The van der Waals surface area contributed by atoms with Crippen LogP contribution in [0.4, 0.5) is 5.69 Å². The van der Waals surface area contributed by atoms with E-state index in [0.29, 0.717) is 10.0 Å². The highest BCUT2D eigenvalue weighted by Crippen LogP contribution is 2.32. The summed E-state index contributed by atoms with van der Waals surface area (Å²) >= 11 is 12.4. The Labute approximate surface area is 134 Å². The fraction of sp³-hybridized carbons (Fsp3) is 0.400. The summed E-state index contributed by atoms with van der Waals surface area (Å²) < 4.78 is 5.11. The van der Waals surface area contributed by atoms with Crippen LogP contribution in [0.2, 0.25) is 10.0 Å². The average molecular weight is 326 g/mol. The zero-order chi connectivity index (χ0) is 14.8. The predicted molar refractivity (Wildman–Crippen MR) is 85.2 cm³/mol. The topological polar surface area (TPSA) is 32.5 Å². The first-order chi connectivity index (χ1) is 10.1. The van der Waals surface area contributed by atoms with Gasteiger partial charge in [0.2, 0.25) is 0 Å². The molecule has 1 saturated heterocycles. The molecule has 0 amide bonds. The molecule has 2 aromatic rings. The molecular formula is C15H17Cl2N3O. The summed E-state index contributed by atoms with van der Waals surface area (Å²) in [5.74, 6) is 0.856. The van der Waals surface area contributed by atoms with Crippen molar-refractivity contribution in [3.05, 3.63) is 45.8 Å². The highest BCUT2D eigenvalue weighted by atomic mass is 35.5. The maximum absolute atomic E-state index is 6.29. The number of nitrogens with zero attached hydrogens (tertiary/aromatic N) is 3. The number of hydrogen-bond donors (Lipinski definition) is 0. The van der Waals surface area contributed by atoms with Gasteiger partial charge in [0, 0.05) is 38.8 Å². The van der Waals surface area contributed by atoms with Crippen LogP contribution in [0.1, 0.15) is 11.5 Å². The van der Waals surface area contributed by atoms with E-state index in [1.165, 1.54) is 0 Å². The van der Waals surface area contributed by atoms with Crippen LogP contribution >= 0.6 is 23.2 Å². The molecule has 4 nitrogen and oxygen atoms in total. The lowest BCUT2D eigenvalue weighted by Crippen LogP contribution is -2.46. The lowest BCUT2D eigenvalue weighted by Gasteiger charge is -2.36. The molecule has 112 valence electrons. The third-order valence-corrected chi connectivity index (χ3v) is 4.52. The molecule has 0 aliphatic carbocycles. The van der Waals surface area contributed by atoms with Gasteiger partial charge < -0.3 is 9.42 Å². The normalized spacial score (nSPS) is 16.4. The monoisotopic (exact) mass is 325 g/mol. The molecule has 21 heavy (non-hydrogen) atoms. The smallest absolute Gasteiger partial charge is 0.133 e. The lowest BCUT2D eigenvalue weighted by molar-refractivity contribution is 0.242. The molecule has 1 aromatic heterocycles. The van der Waals surface area contributed by atoms with Gasteiger partial charge >= 0.3 is 0 Å². The molecule has 0 bridgehead atoms. The van der Waals surface area contributed by atoms with Crippen LogP contribution in [-0.2, 0) is 6.54 Å². The van der Waals surface area contributed by atoms with Gasteiger partial charge in [-0.3, -0.25) is 4.90 Å². The molecule has 6 heteroatoms.